The van der Waals surface area contributed by atoms with Crippen molar-refractivity contribution in [2.75, 3.05) is 13.1 Å². The van der Waals surface area contributed by atoms with Crippen LogP contribution in [0.4, 0.5) is 5.69 Å². The second-order valence-corrected chi connectivity index (χ2v) is 3.24. The molecule has 0 saturated heterocycles. The van der Waals surface area contributed by atoms with Crippen molar-refractivity contribution in [2.24, 2.45) is 4.99 Å². The van der Waals surface area contributed by atoms with E-state index in [0.29, 0.717) is 0 Å². The monoisotopic (exact) mass is 190 g/mol. The van der Waals surface area contributed by atoms with Gasteiger partial charge in [-0.15, -0.1) is 0 Å². The Morgan fingerprint density at radius 3 is 2.86 bits per heavy atom. The van der Waals surface area contributed by atoms with E-state index in [1.54, 1.807) is 0 Å². The average Bonchev–Trinajstić information content (AvgIpc) is 2.25. The Morgan fingerprint density at radius 1 is 1.36 bits per heavy atom. The summed E-state index contributed by atoms with van der Waals surface area (Å²) in [5.74, 6) is 0. The molecule has 1 rings (SSSR count). The number of benzene rings is 1. The van der Waals surface area contributed by atoms with Crippen LogP contribution in [-0.2, 0) is 6.42 Å². The summed E-state index contributed by atoms with van der Waals surface area (Å²) in [7, 11) is 0. The number of nitrogens with zero attached hydrogens (tertiary/aromatic N) is 1. The highest BCUT2D eigenvalue weighted by Gasteiger charge is 1.98. The van der Waals surface area contributed by atoms with Crippen molar-refractivity contribution >= 4 is 12.4 Å². The molecule has 1 aromatic rings. The Bertz CT molecular complexity index is 281. The molecular weight excluding hydrogens is 172 g/mol. The Morgan fingerprint density at radius 2 is 2.14 bits per heavy atom. The summed E-state index contributed by atoms with van der Waals surface area (Å²) < 4.78 is 0. The van der Waals surface area contributed by atoms with Gasteiger partial charge in [-0.05, 0) is 44.3 Å². The number of hydrogen-bond acceptors (Lipinski definition) is 2. The Hall–Kier alpha value is -1.15. The zero-order chi connectivity index (χ0) is 10.2. The van der Waals surface area contributed by atoms with Gasteiger partial charge < -0.3 is 5.32 Å². The van der Waals surface area contributed by atoms with Crippen molar-refractivity contribution in [3.63, 3.8) is 0 Å². The second-order valence-electron chi connectivity index (χ2n) is 3.24. The molecule has 0 aliphatic carbocycles. The molecule has 0 heterocycles. The molecule has 0 aliphatic rings. The Balaban J connectivity index is 2.45. The van der Waals surface area contributed by atoms with Crippen LogP contribution in [0.2, 0.25) is 0 Å². The first-order valence-corrected chi connectivity index (χ1v) is 5.13. The highest BCUT2D eigenvalue weighted by atomic mass is 14.8. The smallest absolute Gasteiger partial charge is 0.0654 e. The standard InChI is InChI=1S/C12H18N2/c1-3-14-10-6-8-11-7-4-5-9-12(11)13-2/h4-5,7,9,14H,2-3,6,8,10H2,1H3. The van der Waals surface area contributed by atoms with Crippen LogP contribution in [0.1, 0.15) is 18.9 Å². The maximum Gasteiger partial charge on any atom is 0.0654 e. The molecule has 0 aromatic heterocycles. The second kappa shape index (κ2) is 6.33. The lowest BCUT2D eigenvalue weighted by Crippen LogP contribution is -2.14. The van der Waals surface area contributed by atoms with E-state index >= 15 is 0 Å². The van der Waals surface area contributed by atoms with Crippen molar-refractivity contribution in [3.8, 4) is 0 Å². The molecule has 0 spiro atoms. The summed E-state index contributed by atoms with van der Waals surface area (Å²) in [6, 6.07) is 8.18. The summed E-state index contributed by atoms with van der Waals surface area (Å²) in [5, 5.41) is 3.31. The fraction of sp³-hybridized carbons (Fsp3) is 0.417. The normalized spacial score (nSPS) is 10.1. The van der Waals surface area contributed by atoms with Crippen LogP contribution in [-0.4, -0.2) is 19.8 Å². The molecule has 76 valence electrons. The van der Waals surface area contributed by atoms with Gasteiger partial charge in [0.2, 0.25) is 0 Å². The summed E-state index contributed by atoms with van der Waals surface area (Å²) in [6.45, 7) is 7.81. The third kappa shape index (κ3) is 3.30. The molecule has 0 bridgehead atoms. The van der Waals surface area contributed by atoms with Gasteiger partial charge in [0.25, 0.3) is 0 Å². The van der Waals surface area contributed by atoms with Crippen LogP contribution in [0.3, 0.4) is 0 Å². The van der Waals surface area contributed by atoms with E-state index in [0.717, 1.165) is 31.6 Å². The van der Waals surface area contributed by atoms with Crippen LogP contribution in [0.5, 0.6) is 0 Å². The SMILES string of the molecule is C=Nc1ccccc1CCCNCC. The zero-order valence-electron chi connectivity index (χ0n) is 8.79. The first-order chi connectivity index (χ1) is 6.88. The van der Waals surface area contributed by atoms with Gasteiger partial charge in [0.1, 0.15) is 0 Å². The molecule has 0 atom stereocenters. The fourth-order valence-electron chi connectivity index (χ4n) is 1.46. The molecule has 2 heteroatoms. The third-order valence-electron chi connectivity index (χ3n) is 2.21. The van der Waals surface area contributed by atoms with Gasteiger partial charge in [-0.2, -0.15) is 0 Å². The zero-order valence-corrected chi connectivity index (χ0v) is 8.79. The van der Waals surface area contributed by atoms with Crippen LogP contribution < -0.4 is 5.32 Å². The van der Waals surface area contributed by atoms with E-state index in [-0.39, 0.29) is 0 Å². The first kappa shape index (κ1) is 10.9. The summed E-state index contributed by atoms with van der Waals surface area (Å²) in [5.41, 5.74) is 2.31. The minimum Gasteiger partial charge on any atom is -0.317 e. The molecular formula is C12H18N2. The number of aryl methyl sites for hydroxylation is 1. The summed E-state index contributed by atoms with van der Waals surface area (Å²) >= 11 is 0. The van der Waals surface area contributed by atoms with E-state index in [2.05, 4.69) is 36.1 Å². The van der Waals surface area contributed by atoms with Gasteiger partial charge in [-0.25, -0.2) is 0 Å². The van der Waals surface area contributed by atoms with Crippen molar-refractivity contribution in [1.82, 2.24) is 5.32 Å². The van der Waals surface area contributed by atoms with Crippen molar-refractivity contribution in [1.29, 1.82) is 0 Å². The third-order valence-corrected chi connectivity index (χ3v) is 2.21. The van der Waals surface area contributed by atoms with Gasteiger partial charge in [-0.3, -0.25) is 4.99 Å². The summed E-state index contributed by atoms with van der Waals surface area (Å²) in [6.07, 6.45) is 2.22. The van der Waals surface area contributed by atoms with Crippen LogP contribution in [0.15, 0.2) is 29.3 Å². The maximum atomic E-state index is 4.00. The van der Waals surface area contributed by atoms with Crippen LogP contribution >= 0.6 is 0 Å². The lowest BCUT2D eigenvalue weighted by molar-refractivity contribution is 0.673. The fourth-order valence-corrected chi connectivity index (χ4v) is 1.46. The molecule has 1 N–H and O–H groups in total. The molecule has 2 nitrogen and oxygen atoms in total. The number of nitrogens with one attached hydrogen (secondary N) is 1. The maximum absolute atomic E-state index is 4.00. The predicted octanol–water partition coefficient (Wildman–Crippen LogP) is 2.56. The number of para-hydroxylation sites is 1. The molecule has 14 heavy (non-hydrogen) atoms. The number of hydrogen-bond donors (Lipinski definition) is 1. The first-order valence-electron chi connectivity index (χ1n) is 5.13. The molecule has 0 unspecified atom stereocenters. The van der Waals surface area contributed by atoms with Crippen molar-refractivity contribution < 1.29 is 0 Å². The van der Waals surface area contributed by atoms with Gasteiger partial charge >= 0.3 is 0 Å². The van der Waals surface area contributed by atoms with Gasteiger partial charge in [0.15, 0.2) is 0 Å². The Kier molecular flexibility index (Phi) is 4.94. The molecule has 0 radical (unpaired) electrons. The molecule has 0 saturated carbocycles. The van der Waals surface area contributed by atoms with Crippen molar-refractivity contribution in [2.45, 2.75) is 19.8 Å². The quantitative estimate of drug-likeness (QED) is 0.541. The highest BCUT2D eigenvalue weighted by Crippen LogP contribution is 2.18. The largest absolute Gasteiger partial charge is 0.317 e. The Labute approximate surface area is 86.1 Å². The van der Waals surface area contributed by atoms with E-state index in [1.165, 1.54) is 5.56 Å². The summed E-state index contributed by atoms with van der Waals surface area (Å²) in [4.78, 5) is 4.00. The topological polar surface area (TPSA) is 24.4 Å². The van der Waals surface area contributed by atoms with Gasteiger partial charge in [0.05, 0.1) is 5.69 Å². The molecule has 0 amide bonds. The van der Waals surface area contributed by atoms with Crippen LogP contribution in [0.25, 0.3) is 0 Å². The highest BCUT2D eigenvalue weighted by molar-refractivity contribution is 5.51. The average molecular weight is 190 g/mol. The van der Waals surface area contributed by atoms with Crippen molar-refractivity contribution in [3.05, 3.63) is 29.8 Å². The number of aliphatic imine (C=N–C) groups is 1. The molecule has 0 aliphatic heterocycles. The lowest BCUT2D eigenvalue weighted by atomic mass is 10.1. The molecule has 1 aromatic carbocycles. The van der Waals surface area contributed by atoms with E-state index < -0.39 is 0 Å². The van der Waals surface area contributed by atoms with E-state index in [4.69, 9.17) is 0 Å². The van der Waals surface area contributed by atoms with E-state index in [9.17, 15) is 0 Å². The predicted molar refractivity (Wildman–Crippen MR) is 62.5 cm³/mol. The molecule has 0 fully saturated rings. The van der Waals surface area contributed by atoms with Crippen LogP contribution in [0, 0.1) is 0 Å². The van der Waals surface area contributed by atoms with Gasteiger partial charge in [-0.1, -0.05) is 25.1 Å². The minimum atomic E-state index is 1.02. The van der Waals surface area contributed by atoms with E-state index in [1.807, 2.05) is 12.1 Å². The lowest BCUT2D eigenvalue weighted by Gasteiger charge is -2.05. The number of rotatable bonds is 6. The minimum absolute atomic E-state index is 1.02. The van der Waals surface area contributed by atoms with Gasteiger partial charge in [0, 0.05) is 0 Å².